The van der Waals surface area contributed by atoms with Crippen molar-refractivity contribution in [3.63, 3.8) is 0 Å². The molecule has 1 aliphatic rings. The van der Waals surface area contributed by atoms with Crippen LogP contribution in [0.5, 0.6) is 0 Å². The molecule has 0 aromatic rings. The van der Waals surface area contributed by atoms with E-state index in [0.717, 1.165) is 19.4 Å². The fourth-order valence-electron chi connectivity index (χ4n) is 1.88. The number of piperidine rings is 1. The van der Waals surface area contributed by atoms with Crippen LogP contribution < -0.4 is 0 Å². The molecule has 0 radical (unpaired) electrons. The van der Waals surface area contributed by atoms with E-state index >= 15 is 0 Å². The molecule has 1 aliphatic heterocycles. The Labute approximate surface area is 89.3 Å². The molecule has 1 fully saturated rings. The predicted molar refractivity (Wildman–Crippen MR) is 54.5 cm³/mol. The number of carbonyl (C=O) groups is 1. The first-order chi connectivity index (χ1) is 6.84. The van der Waals surface area contributed by atoms with Gasteiger partial charge in [0.1, 0.15) is 0 Å². The van der Waals surface area contributed by atoms with Crippen molar-refractivity contribution in [3.8, 4) is 0 Å². The summed E-state index contributed by atoms with van der Waals surface area (Å²) in [5.74, 6) is -1.23. The highest BCUT2D eigenvalue weighted by atomic mass is 16.4. The number of carboxylic acid groups (broad SMARTS) is 1. The second-order valence-electron chi connectivity index (χ2n) is 4.50. The lowest BCUT2D eigenvalue weighted by Crippen LogP contribution is -2.54. The number of nitrogens with zero attached hydrogens (tertiary/aromatic N) is 1. The second kappa shape index (κ2) is 4.47. The Morgan fingerprint density at radius 1 is 1.60 bits per heavy atom. The summed E-state index contributed by atoms with van der Waals surface area (Å²) in [7, 11) is 0. The topological polar surface area (TPSA) is 81.0 Å². The summed E-state index contributed by atoms with van der Waals surface area (Å²) in [5, 5.41) is 28.0. The Morgan fingerprint density at radius 2 is 2.20 bits per heavy atom. The molecule has 0 amide bonds. The van der Waals surface area contributed by atoms with Crippen LogP contribution in [0.2, 0.25) is 0 Å². The quantitative estimate of drug-likeness (QED) is 0.603. The van der Waals surface area contributed by atoms with Gasteiger partial charge in [-0.15, -0.1) is 0 Å². The summed E-state index contributed by atoms with van der Waals surface area (Å²) < 4.78 is 0. The number of hydrogen-bond donors (Lipinski definition) is 3. The standard InChI is InChI=1S/C10H19NO4/c1-7-8(12)4-3-5-11(7)6-10(2,15)9(13)14/h7-8,12,15H,3-6H2,1-2H3,(H,13,14). The van der Waals surface area contributed by atoms with Gasteiger partial charge in [0.2, 0.25) is 0 Å². The Kier molecular flexibility index (Phi) is 3.70. The fraction of sp³-hybridized carbons (Fsp3) is 0.900. The molecule has 3 unspecified atom stereocenters. The first-order valence-electron chi connectivity index (χ1n) is 5.22. The van der Waals surface area contributed by atoms with E-state index in [-0.39, 0.29) is 12.6 Å². The molecular formula is C10H19NO4. The number of carboxylic acids is 1. The average Bonchev–Trinajstić information content (AvgIpc) is 2.12. The van der Waals surface area contributed by atoms with Gasteiger partial charge in [0.15, 0.2) is 5.60 Å². The average molecular weight is 217 g/mol. The zero-order valence-electron chi connectivity index (χ0n) is 9.18. The van der Waals surface area contributed by atoms with Crippen LogP contribution in [0.3, 0.4) is 0 Å². The molecule has 0 aromatic carbocycles. The number of aliphatic hydroxyl groups excluding tert-OH is 1. The van der Waals surface area contributed by atoms with Gasteiger partial charge >= 0.3 is 5.97 Å². The number of β-amino-alcohol motifs (C(OH)–C–C–N with tert-alkyl or cyclic N) is 1. The highest BCUT2D eigenvalue weighted by Crippen LogP contribution is 2.19. The van der Waals surface area contributed by atoms with Crippen LogP contribution in [0, 0.1) is 0 Å². The lowest BCUT2D eigenvalue weighted by atomic mass is 9.97. The molecule has 0 spiro atoms. The van der Waals surface area contributed by atoms with Gasteiger partial charge in [-0.2, -0.15) is 0 Å². The third kappa shape index (κ3) is 2.90. The molecule has 88 valence electrons. The monoisotopic (exact) mass is 217 g/mol. The van der Waals surface area contributed by atoms with E-state index in [2.05, 4.69) is 0 Å². The highest BCUT2D eigenvalue weighted by molar-refractivity contribution is 5.76. The van der Waals surface area contributed by atoms with Crippen LogP contribution in [-0.4, -0.2) is 57.0 Å². The van der Waals surface area contributed by atoms with Gasteiger partial charge in [0.25, 0.3) is 0 Å². The maximum Gasteiger partial charge on any atom is 0.336 e. The summed E-state index contributed by atoms with van der Waals surface area (Å²) >= 11 is 0. The first-order valence-corrected chi connectivity index (χ1v) is 5.22. The Hall–Kier alpha value is -0.650. The lowest BCUT2D eigenvalue weighted by Gasteiger charge is -2.39. The van der Waals surface area contributed by atoms with Crippen LogP contribution in [-0.2, 0) is 4.79 Å². The third-order valence-electron chi connectivity index (χ3n) is 3.05. The van der Waals surface area contributed by atoms with Crippen LogP contribution in [0.1, 0.15) is 26.7 Å². The molecule has 3 N–H and O–H groups in total. The summed E-state index contributed by atoms with van der Waals surface area (Å²) in [6.45, 7) is 3.91. The van der Waals surface area contributed by atoms with Crippen molar-refractivity contribution in [2.45, 2.75) is 44.4 Å². The van der Waals surface area contributed by atoms with Gasteiger partial charge in [0.05, 0.1) is 6.10 Å². The van der Waals surface area contributed by atoms with Crippen LogP contribution >= 0.6 is 0 Å². The van der Waals surface area contributed by atoms with Crippen molar-refractivity contribution in [2.24, 2.45) is 0 Å². The van der Waals surface area contributed by atoms with Crippen molar-refractivity contribution >= 4 is 5.97 Å². The predicted octanol–water partition coefficient (Wildman–Crippen LogP) is -0.333. The normalized spacial score (nSPS) is 32.3. The maximum atomic E-state index is 10.7. The number of likely N-dealkylation sites (tertiary alicyclic amines) is 1. The molecule has 15 heavy (non-hydrogen) atoms. The Balaban J connectivity index is 2.61. The molecule has 5 nitrogen and oxygen atoms in total. The smallest absolute Gasteiger partial charge is 0.336 e. The maximum absolute atomic E-state index is 10.7. The molecule has 0 aromatic heterocycles. The van der Waals surface area contributed by atoms with Crippen molar-refractivity contribution in [3.05, 3.63) is 0 Å². The first kappa shape index (κ1) is 12.4. The number of aliphatic hydroxyl groups is 2. The minimum atomic E-state index is -1.74. The van der Waals surface area contributed by atoms with E-state index in [1.807, 2.05) is 11.8 Å². The van der Waals surface area contributed by atoms with Gasteiger partial charge in [0, 0.05) is 12.6 Å². The van der Waals surface area contributed by atoms with E-state index in [0.29, 0.717) is 0 Å². The molecule has 0 aliphatic carbocycles. The second-order valence-corrected chi connectivity index (χ2v) is 4.50. The SMILES string of the molecule is CC1C(O)CCCN1CC(C)(O)C(=O)O. The van der Waals surface area contributed by atoms with Gasteiger partial charge < -0.3 is 15.3 Å². The minimum absolute atomic E-state index is 0.0561. The molecule has 1 saturated heterocycles. The molecule has 0 saturated carbocycles. The van der Waals surface area contributed by atoms with Gasteiger partial charge in [-0.3, -0.25) is 4.90 Å². The van der Waals surface area contributed by atoms with Gasteiger partial charge in [-0.1, -0.05) is 0 Å². The van der Waals surface area contributed by atoms with Crippen molar-refractivity contribution in [1.82, 2.24) is 4.90 Å². The summed E-state index contributed by atoms with van der Waals surface area (Å²) in [4.78, 5) is 12.6. The molecule has 0 bridgehead atoms. The van der Waals surface area contributed by atoms with E-state index in [4.69, 9.17) is 5.11 Å². The molecule has 3 atom stereocenters. The van der Waals surface area contributed by atoms with Crippen molar-refractivity contribution in [2.75, 3.05) is 13.1 Å². The molecule has 1 heterocycles. The molecular weight excluding hydrogens is 198 g/mol. The zero-order valence-corrected chi connectivity index (χ0v) is 9.18. The van der Waals surface area contributed by atoms with E-state index in [1.54, 1.807) is 0 Å². The summed E-state index contributed by atoms with van der Waals surface area (Å²) in [5.41, 5.74) is -1.74. The fourth-order valence-corrected chi connectivity index (χ4v) is 1.88. The molecule has 5 heteroatoms. The summed E-state index contributed by atoms with van der Waals surface area (Å²) in [6, 6.07) is -0.0930. The number of rotatable bonds is 3. The highest BCUT2D eigenvalue weighted by Gasteiger charge is 2.36. The Bertz CT molecular complexity index is 242. The zero-order chi connectivity index (χ0) is 11.6. The summed E-state index contributed by atoms with van der Waals surface area (Å²) in [6.07, 6.45) is 1.15. The minimum Gasteiger partial charge on any atom is -0.479 e. The number of aliphatic carboxylic acids is 1. The van der Waals surface area contributed by atoms with Gasteiger partial charge in [-0.05, 0) is 33.2 Å². The van der Waals surface area contributed by atoms with E-state index in [1.165, 1.54) is 6.92 Å². The lowest BCUT2D eigenvalue weighted by molar-refractivity contribution is -0.160. The van der Waals surface area contributed by atoms with Crippen LogP contribution in [0.15, 0.2) is 0 Å². The van der Waals surface area contributed by atoms with E-state index in [9.17, 15) is 15.0 Å². The largest absolute Gasteiger partial charge is 0.479 e. The van der Waals surface area contributed by atoms with E-state index < -0.39 is 17.7 Å². The van der Waals surface area contributed by atoms with Crippen LogP contribution in [0.4, 0.5) is 0 Å². The third-order valence-corrected chi connectivity index (χ3v) is 3.05. The van der Waals surface area contributed by atoms with Crippen molar-refractivity contribution in [1.29, 1.82) is 0 Å². The number of hydrogen-bond acceptors (Lipinski definition) is 4. The molecule has 1 rings (SSSR count). The van der Waals surface area contributed by atoms with Crippen molar-refractivity contribution < 1.29 is 20.1 Å². The van der Waals surface area contributed by atoms with Gasteiger partial charge in [-0.25, -0.2) is 4.79 Å². The Morgan fingerprint density at radius 3 is 2.73 bits per heavy atom. The van der Waals surface area contributed by atoms with Crippen LogP contribution in [0.25, 0.3) is 0 Å².